The van der Waals surface area contributed by atoms with Gasteiger partial charge < -0.3 is 9.47 Å². The summed E-state index contributed by atoms with van der Waals surface area (Å²) in [6.07, 6.45) is 0.982. The highest BCUT2D eigenvalue weighted by atomic mass is 32.2. The van der Waals surface area contributed by atoms with E-state index in [0.29, 0.717) is 17.9 Å². The third-order valence-electron chi connectivity index (χ3n) is 6.14. The number of sulfonamides is 2. The van der Waals surface area contributed by atoms with E-state index >= 15 is 0 Å². The van der Waals surface area contributed by atoms with Crippen molar-refractivity contribution in [3.05, 3.63) is 114 Å². The molecule has 14 heteroatoms. The monoisotopic (exact) mass is 670 g/mol. The number of nitrogens with two attached hydrogens (primary N) is 1. The first-order chi connectivity index (χ1) is 21.3. The number of primary sulfonamides is 1. The van der Waals surface area contributed by atoms with Gasteiger partial charge in [0.2, 0.25) is 20.0 Å². The molecule has 0 amide bonds. The zero-order chi connectivity index (χ0) is 32.6. The SMILES string of the molecule is COOSc1ccc(C2=C(c3ccccc3)C(=O)OC2)cc1.Cc1ccc(Oc2cc(S(N)(=O)=O)ccc2NS(C)(=O)=O)cc1. The minimum absolute atomic E-state index is 0.0332. The Morgan fingerprint density at radius 1 is 0.867 bits per heavy atom. The van der Waals surface area contributed by atoms with Crippen molar-refractivity contribution in [3.63, 3.8) is 0 Å². The van der Waals surface area contributed by atoms with Gasteiger partial charge in [0.25, 0.3) is 0 Å². The van der Waals surface area contributed by atoms with E-state index < -0.39 is 20.0 Å². The number of rotatable bonds is 10. The van der Waals surface area contributed by atoms with Gasteiger partial charge in [0.1, 0.15) is 12.4 Å². The van der Waals surface area contributed by atoms with Crippen LogP contribution in [0.5, 0.6) is 11.5 Å². The van der Waals surface area contributed by atoms with Crippen molar-refractivity contribution >= 4 is 54.9 Å². The van der Waals surface area contributed by atoms with Crippen LogP contribution in [-0.2, 0) is 38.8 Å². The fourth-order valence-corrected chi connectivity index (χ4v) is 5.59. The van der Waals surface area contributed by atoms with E-state index in [2.05, 4.69) is 9.61 Å². The van der Waals surface area contributed by atoms with Crippen LogP contribution in [-0.4, -0.2) is 42.8 Å². The van der Waals surface area contributed by atoms with Crippen molar-refractivity contribution in [1.82, 2.24) is 0 Å². The minimum Gasteiger partial charge on any atom is -0.457 e. The van der Waals surface area contributed by atoms with Crippen molar-refractivity contribution in [3.8, 4) is 11.5 Å². The van der Waals surface area contributed by atoms with Gasteiger partial charge in [0.05, 0.1) is 41.6 Å². The maximum atomic E-state index is 12.0. The lowest BCUT2D eigenvalue weighted by atomic mass is 9.97. The fraction of sp³-hybridized carbons (Fsp3) is 0.129. The van der Waals surface area contributed by atoms with Crippen LogP contribution in [0.25, 0.3) is 11.1 Å². The Morgan fingerprint density at radius 3 is 2.13 bits per heavy atom. The second kappa shape index (κ2) is 14.7. The standard InChI is InChI=1S/C17H14O4S.C14H16N2O5S2/c1-19-21-22-14-9-7-12(8-10-14)15-11-20-17(18)16(15)13-5-3-2-4-6-13;1-10-3-5-11(6-4-10)21-14-9-12(23(15,19)20)7-8-13(14)16-22(2,17)18/h2-10H,11H2,1H3;3-9,16H,1-2H3,(H2,15,19,20). The molecule has 4 aromatic rings. The zero-order valence-corrected chi connectivity index (χ0v) is 26.9. The van der Waals surface area contributed by atoms with Crippen LogP contribution in [0.1, 0.15) is 16.7 Å². The summed E-state index contributed by atoms with van der Waals surface area (Å²) >= 11 is 1.13. The number of hydrogen-bond donors (Lipinski definition) is 2. The van der Waals surface area contributed by atoms with Crippen molar-refractivity contribution < 1.29 is 40.3 Å². The lowest BCUT2D eigenvalue weighted by Crippen LogP contribution is -2.14. The van der Waals surface area contributed by atoms with Gasteiger partial charge in [0.15, 0.2) is 5.75 Å². The molecular formula is C31H30N2O9S3. The van der Waals surface area contributed by atoms with E-state index in [0.717, 1.165) is 45.5 Å². The Balaban J connectivity index is 0.000000205. The van der Waals surface area contributed by atoms with Crippen molar-refractivity contribution in [2.24, 2.45) is 5.14 Å². The number of esters is 1. The van der Waals surface area contributed by atoms with Gasteiger partial charge in [-0.15, -0.1) is 0 Å². The molecular weight excluding hydrogens is 641 g/mol. The van der Waals surface area contributed by atoms with Gasteiger partial charge in [-0.25, -0.2) is 31.7 Å². The van der Waals surface area contributed by atoms with Crippen LogP contribution in [0, 0.1) is 6.92 Å². The molecule has 0 atom stereocenters. The smallest absolute Gasteiger partial charge is 0.339 e. The van der Waals surface area contributed by atoms with E-state index in [4.69, 9.17) is 18.9 Å². The average molecular weight is 671 g/mol. The molecule has 11 nitrogen and oxygen atoms in total. The Morgan fingerprint density at radius 2 is 1.53 bits per heavy atom. The third-order valence-corrected chi connectivity index (χ3v) is 8.31. The largest absolute Gasteiger partial charge is 0.457 e. The van der Waals surface area contributed by atoms with Gasteiger partial charge in [-0.2, -0.15) is 4.33 Å². The molecule has 0 aliphatic carbocycles. The quantitative estimate of drug-likeness (QED) is 0.0948. The second-order valence-electron chi connectivity index (χ2n) is 9.63. The topological polar surface area (TPSA) is 160 Å². The molecule has 0 radical (unpaired) electrons. The minimum atomic E-state index is -3.94. The highest BCUT2D eigenvalue weighted by Gasteiger charge is 2.27. The molecule has 0 aromatic heterocycles. The van der Waals surface area contributed by atoms with Crippen LogP contribution in [0.2, 0.25) is 0 Å². The summed E-state index contributed by atoms with van der Waals surface area (Å²) in [6.45, 7) is 2.20. The molecule has 4 aromatic carbocycles. The number of nitrogens with one attached hydrogen (secondary N) is 1. The Kier molecular flexibility index (Phi) is 11.0. The molecule has 1 aliphatic heterocycles. The summed E-state index contributed by atoms with van der Waals surface area (Å²) in [5.41, 5.74) is 4.51. The molecule has 1 aliphatic rings. The first-order valence-corrected chi connectivity index (χ1v) is 17.3. The van der Waals surface area contributed by atoms with Crippen LogP contribution in [0.4, 0.5) is 5.69 Å². The first-order valence-electron chi connectivity index (χ1n) is 13.2. The summed E-state index contributed by atoms with van der Waals surface area (Å²) in [6, 6.07) is 27.9. The molecule has 0 bridgehead atoms. The molecule has 3 N–H and O–H groups in total. The summed E-state index contributed by atoms with van der Waals surface area (Å²) in [7, 11) is -6.04. The van der Waals surface area contributed by atoms with E-state index in [1.165, 1.54) is 25.3 Å². The number of aryl methyl sites for hydroxylation is 1. The van der Waals surface area contributed by atoms with E-state index in [1.54, 1.807) is 12.1 Å². The Bertz CT molecular complexity index is 1890. The predicted octanol–water partition coefficient (Wildman–Crippen LogP) is 5.55. The van der Waals surface area contributed by atoms with Gasteiger partial charge in [0, 0.05) is 16.5 Å². The molecule has 1 heterocycles. The van der Waals surface area contributed by atoms with Crippen LogP contribution in [0.15, 0.2) is 107 Å². The number of anilines is 1. The third kappa shape index (κ3) is 9.65. The van der Waals surface area contributed by atoms with Crippen LogP contribution >= 0.6 is 12.0 Å². The molecule has 0 fully saturated rings. The summed E-state index contributed by atoms with van der Waals surface area (Å²) < 4.78 is 63.7. The van der Waals surface area contributed by atoms with Gasteiger partial charge in [-0.3, -0.25) is 4.72 Å². The molecule has 236 valence electrons. The van der Waals surface area contributed by atoms with Crippen LogP contribution in [0.3, 0.4) is 0 Å². The number of ether oxygens (including phenoxy) is 2. The lowest BCUT2D eigenvalue weighted by molar-refractivity contribution is -0.160. The number of hydrogen-bond acceptors (Lipinski definition) is 10. The van der Waals surface area contributed by atoms with Crippen molar-refractivity contribution in [2.75, 3.05) is 24.7 Å². The van der Waals surface area contributed by atoms with Gasteiger partial charge >= 0.3 is 5.97 Å². The van der Waals surface area contributed by atoms with Crippen LogP contribution < -0.4 is 14.6 Å². The van der Waals surface area contributed by atoms with E-state index in [-0.39, 0.29) is 22.3 Å². The maximum Gasteiger partial charge on any atom is 0.339 e. The summed E-state index contributed by atoms with van der Waals surface area (Å²) in [5, 5.41) is 5.09. The van der Waals surface area contributed by atoms with Gasteiger partial charge in [-0.05, 0) is 54.4 Å². The Labute approximate surface area is 266 Å². The average Bonchev–Trinajstić information content (AvgIpc) is 3.39. The highest BCUT2D eigenvalue weighted by Crippen LogP contribution is 2.34. The van der Waals surface area contributed by atoms with Crippen molar-refractivity contribution in [1.29, 1.82) is 0 Å². The molecule has 5 rings (SSSR count). The number of cyclic esters (lactones) is 1. The number of benzene rings is 4. The number of carbonyl (C=O) groups is 1. The maximum absolute atomic E-state index is 12.0. The normalized spacial score (nSPS) is 13.1. The summed E-state index contributed by atoms with van der Waals surface area (Å²) in [5.74, 6) is 0.187. The molecule has 0 unspecified atom stereocenters. The zero-order valence-electron chi connectivity index (χ0n) is 24.4. The van der Waals surface area contributed by atoms with Gasteiger partial charge in [-0.1, -0.05) is 60.2 Å². The molecule has 0 saturated carbocycles. The van der Waals surface area contributed by atoms with E-state index in [1.807, 2.05) is 73.7 Å². The predicted molar refractivity (Wildman–Crippen MR) is 172 cm³/mol. The summed E-state index contributed by atoms with van der Waals surface area (Å²) in [4.78, 5) is 17.3. The first kappa shape index (κ1) is 33.7. The van der Waals surface area contributed by atoms with E-state index in [9.17, 15) is 21.6 Å². The molecule has 0 spiro atoms. The second-order valence-corrected chi connectivity index (χ2v) is 13.7. The number of carbonyl (C=O) groups excluding carboxylic acids is 1. The molecule has 0 saturated heterocycles. The fourth-order valence-electron chi connectivity index (χ4n) is 4.10. The lowest BCUT2D eigenvalue weighted by Gasteiger charge is -2.13. The highest BCUT2D eigenvalue weighted by molar-refractivity contribution is 7.94. The Hall–Kier alpha value is -4.18. The molecule has 45 heavy (non-hydrogen) atoms. The van der Waals surface area contributed by atoms with Crippen molar-refractivity contribution in [2.45, 2.75) is 16.7 Å².